The fraction of sp³-hybridized carbons (Fsp3) is 0.412. The molecule has 0 spiro atoms. The number of nitrogens with one attached hydrogen (secondary N) is 1. The van der Waals surface area contributed by atoms with E-state index >= 15 is 0 Å². The number of carbonyl (C=O) groups is 1. The highest BCUT2D eigenvalue weighted by Gasteiger charge is 2.49. The van der Waals surface area contributed by atoms with Gasteiger partial charge in [0.05, 0.1) is 11.9 Å². The molecule has 120 valence electrons. The number of likely N-dealkylation sites (tertiary alicyclic amines) is 1. The number of carbonyl (C=O) groups excluding carboxylic acids is 1. The van der Waals surface area contributed by atoms with Crippen LogP contribution in [0.25, 0.3) is 0 Å². The fourth-order valence-corrected chi connectivity index (χ4v) is 3.28. The van der Waals surface area contributed by atoms with Crippen LogP contribution < -0.4 is 5.32 Å². The van der Waals surface area contributed by atoms with E-state index in [1.807, 2.05) is 19.2 Å². The summed E-state index contributed by atoms with van der Waals surface area (Å²) in [5.41, 5.74) is 2.03. The molecule has 0 aromatic carbocycles. The van der Waals surface area contributed by atoms with Crippen LogP contribution in [0.1, 0.15) is 29.8 Å². The third-order valence-electron chi connectivity index (χ3n) is 4.44. The zero-order valence-electron chi connectivity index (χ0n) is 13.5. The summed E-state index contributed by atoms with van der Waals surface area (Å²) >= 11 is 0. The molecule has 3 heterocycles. The SMILES string of the molecule is CNC(=O)[C@@]1(c2cnccn2)CCCN1Cc1ccc(C)nc1. The van der Waals surface area contributed by atoms with Gasteiger partial charge < -0.3 is 5.32 Å². The van der Waals surface area contributed by atoms with Gasteiger partial charge in [0.25, 0.3) is 0 Å². The molecular formula is C17H21N5O. The van der Waals surface area contributed by atoms with Gasteiger partial charge in [-0.15, -0.1) is 0 Å². The molecule has 6 nitrogen and oxygen atoms in total. The van der Waals surface area contributed by atoms with E-state index in [9.17, 15) is 4.79 Å². The molecule has 1 fully saturated rings. The maximum absolute atomic E-state index is 12.8. The summed E-state index contributed by atoms with van der Waals surface area (Å²) in [6, 6.07) is 4.06. The molecule has 0 radical (unpaired) electrons. The van der Waals surface area contributed by atoms with E-state index in [0.29, 0.717) is 12.2 Å². The number of rotatable bonds is 4. The molecule has 2 aromatic rings. The average Bonchev–Trinajstić information content (AvgIpc) is 3.01. The molecule has 1 atom stereocenters. The third-order valence-corrected chi connectivity index (χ3v) is 4.44. The topological polar surface area (TPSA) is 71.0 Å². The van der Waals surface area contributed by atoms with E-state index in [2.05, 4.69) is 31.2 Å². The van der Waals surface area contributed by atoms with Crippen LogP contribution in [0.15, 0.2) is 36.9 Å². The van der Waals surface area contributed by atoms with Gasteiger partial charge in [-0.1, -0.05) is 6.07 Å². The Morgan fingerprint density at radius 3 is 2.83 bits per heavy atom. The van der Waals surface area contributed by atoms with Crippen LogP contribution >= 0.6 is 0 Å². The number of hydrogen-bond acceptors (Lipinski definition) is 5. The van der Waals surface area contributed by atoms with E-state index < -0.39 is 5.54 Å². The fourth-order valence-electron chi connectivity index (χ4n) is 3.28. The van der Waals surface area contributed by atoms with Crippen molar-refractivity contribution >= 4 is 5.91 Å². The van der Waals surface area contributed by atoms with Gasteiger partial charge in [0, 0.05) is 37.9 Å². The Morgan fingerprint density at radius 1 is 1.30 bits per heavy atom. The van der Waals surface area contributed by atoms with Gasteiger partial charge in [0.1, 0.15) is 5.54 Å². The summed E-state index contributed by atoms with van der Waals surface area (Å²) in [5, 5.41) is 2.81. The highest BCUT2D eigenvalue weighted by Crippen LogP contribution is 2.39. The molecule has 6 heteroatoms. The highest BCUT2D eigenvalue weighted by atomic mass is 16.2. The highest BCUT2D eigenvalue weighted by molar-refractivity contribution is 5.87. The number of amides is 1. The van der Waals surface area contributed by atoms with Gasteiger partial charge in [-0.05, 0) is 37.9 Å². The number of hydrogen-bond donors (Lipinski definition) is 1. The van der Waals surface area contributed by atoms with Crippen molar-refractivity contribution in [1.82, 2.24) is 25.2 Å². The minimum atomic E-state index is -0.756. The van der Waals surface area contributed by atoms with E-state index in [4.69, 9.17) is 0 Å². The van der Waals surface area contributed by atoms with Crippen LogP contribution in [0.2, 0.25) is 0 Å². The molecular weight excluding hydrogens is 290 g/mol. The van der Waals surface area contributed by atoms with Crippen LogP contribution in [0, 0.1) is 6.92 Å². The van der Waals surface area contributed by atoms with Gasteiger partial charge >= 0.3 is 0 Å². The Kier molecular flexibility index (Phi) is 4.34. The molecule has 0 aliphatic carbocycles. The molecule has 2 aromatic heterocycles. The summed E-state index contributed by atoms with van der Waals surface area (Å²) in [5.74, 6) is -0.0319. The first-order chi connectivity index (χ1) is 11.2. The lowest BCUT2D eigenvalue weighted by atomic mass is 9.90. The summed E-state index contributed by atoms with van der Waals surface area (Å²) in [7, 11) is 1.67. The molecule has 0 bridgehead atoms. The normalized spacial score (nSPS) is 21.3. The first-order valence-corrected chi connectivity index (χ1v) is 7.82. The second-order valence-corrected chi connectivity index (χ2v) is 5.86. The van der Waals surface area contributed by atoms with Crippen LogP contribution in [-0.4, -0.2) is 39.4 Å². The molecule has 3 rings (SSSR count). The summed E-state index contributed by atoms with van der Waals surface area (Å²) in [6.45, 7) is 3.48. The lowest BCUT2D eigenvalue weighted by molar-refractivity contribution is -0.132. The standard InChI is InChI=1S/C17H21N5O/c1-13-4-5-14(10-21-13)12-22-9-3-6-17(22,16(23)18-2)15-11-19-7-8-20-15/h4-5,7-8,10-11H,3,6,9,12H2,1-2H3,(H,18,23)/t17-/m0/s1. The van der Waals surface area contributed by atoms with E-state index in [0.717, 1.165) is 30.6 Å². The minimum Gasteiger partial charge on any atom is -0.357 e. The first-order valence-electron chi connectivity index (χ1n) is 7.82. The smallest absolute Gasteiger partial charge is 0.246 e. The first kappa shape index (κ1) is 15.6. The summed E-state index contributed by atoms with van der Waals surface area (Å²) < 4.78 is 0. The van der Waals surface area contributed by atoms with Crippen molar-refractivity contribution in [3.8, 4) is 0 Å². The van der Waals surface area contributed by atoms with E-state index in [1.54, 1.807) is 25.6 Å². The Balaban J connectivity index is 1.97. The quantitative estimate of drug-likeness (QED) is 0.924. The third kappa shape index (κ3) is 2.82. The maximum Gasteiger partial charge on any atom is 0.246 e. The van der Waals surface area contributed by atoms with Gasteiger partial charge in [-0.25, -0.2) is 0 Å². The number of likely N-dealkylation sites (N-methyl/N-ethyl adjacent to an activating group) is 1. The molecule has 23 heavy (non-hydrogen) atoms. The van der Waals surface area contributed by atoms with Crippen molar-refractivity contribution in [2.24, 2.45) is 0 Å². The Bertz CT molecular complexity index is 673. The van der Waals surface area contributed by atoms with Crippen LogP contribution in [0.5, 0.6) is 0 Å². The number of pyridine rings is 1. The van der Waals surface area contributed by atoms with Crippen molar-refractivity contribution in [3.63, 3.8) is 0 Å². The Morgan fingerprint density at radius 2 is 2.17 bits per heavy atom. The zero-order chi connectivity index (χ0) is 16.3. The van der Waals surface area contributed by atoms with Crippen molar-refractivity contribution in [3.05, 3.63) is 53.9 Å². The number of aryl methyl sites for hydroxylation is 1. The molecule has 0 saturated carbocycles. The summed E-state index contributed by atoms with van der Waals surface area (Å²) in [4.78, 5) is 27.9. The van der Waals surface area contributed by atoms with Crippen molar-refractivity contribution in [2.45, 2.75) is 31.8 Å². The molecule has 0 unspecified atom stereocenters. The van der Waals surface area contributed by atoms with Crippen molar-refractivity contribution in [2.75, 3.05) is 13.6 Å². The number of nitrogens with zero attached hydrogens (tertiary/aromatic N) is 4. The lowest BCUT2D eigenvalue weighted by Gasteiger charge is -2.36. The largest absolute Gasteiger partial charge is 0.357 e. The zero-order valence-corrected chi connectivity index (χ0v) is 13.5. The average molecular weight is 311 g/mol. The Labute approximate surface area is 136 Å². The van der Waals surface area contributed by atoms with Gasteiger partial charge in [0.15, 0.2) is 0 Å². The van der Waals surface area contributed by atoms with E-state index in [1.165, 1.54) is 0 Å². The maximum atomic E-state index is 12.8. The molecule has 1 aliphatic rings. The second-order valence-electron chi connectivity index (χ2n) is 5.86. The predicted molar refractivity (Wildman–Crippen MR) is 86.4 cm³/mol. The second kappa shape index (κ2) is 6.42. The van der Waals surface area contributed by atoms with Gasteiger partial charge in [-0.3, -0.25) is 24.6 Å². The van der Waals surface area contributed by atoms with Crippen molar-refractivity contribution in [1.29, 1.82) is 0 Å². The Hall–Kier alpha value is -2.34. The molecule has 1 aliphatic heterocycles. The van der Waals surface area contributed by atoms with Gasteiger partial charge in [-0.2, -0.15) is 0 Å². The predicted octanol–water partition coefficient (Wildman–Crippen LogP) is 1.42. The van der Waals surface area contributed by atoms with Crippen LogP contribution in [-0.2, 0) is 16.9 Å². The lowest BCUT2D eigenvalue weighted by Crippen LogP contribution is -2.52. The van der Waals surface area contributed by atoms with Gasteiger partial charge in [0.2, 0.25) is 5.91 Å². The molecule has 1 saturated heterocycles. The van der Waals surface area contributed by atoms with Crippen molar-refractivity contribution < 1.29 is 4.79 Å². The number of aromatic nitrogens is 3. The van der Waals surface area contributed by atoms with Crippen LogP contribution in [0.3, 0.4) is 0 Å². The minimum absolute atomic E-state index is 0.0319. The summed E-state index contributed by atoms with van der Waals surface area (Å²) in [6.07, 6.45) is 8.53. The van der Waals surface area contributed by atoms with Crippen LogP contribution in [0.4, 0.5) is 0 Å². The molecule has 1 N–H and O–H groups in total. The monoisotopic (exact) mass is 311 g/mol. The van der Waals surface area contributed by atoms with E-state index in [-0.39, 0.29) is 5.91 Å². The molecule has 1 amide bonds.